The van der Waals surface area contributed by atoms with E-state index in [1.165, 1.54) is 43.3 Å². The monoisotopic (exact) mass is 596 g/mol. The highest BCUT2D eigenvalue weighted by Gasteiger charge is 2.20. The number of hydrogen-bond acceptors (Lipinski definition) is 7. The average Bonchev–Trinajstić information content (AvgIpc) is 3.18. The highest BCUT2D eigenvalue weighted by molar-refractivity contribution is 7.86. The molecule has 0 bridgehead atoms. The molecule has 4 rings (SSSR count). The van der Waals surface area contributed by atoms with Crippen molar-refractivity contribution in [3.05, 3.63) is 109 Å². The van der Waals surface area contributed by atoms with Crippen LogP contribution in [-0.2, 0) is 20.2 Å². The Kier molecular flexibility index (Phi) is 7.46. The van der Waals surface area contributed by atoms with Crippen molar-refractivity contribution in [2.45, 2.75) is 23.6 Å². The van der Waals surface area contributed by atoms with E-state index in [4.69, 9.17) is 11.1 Å². The average molecular weight is 597 g/mol. The second-order valence-electron chi connectivity index (χ2n) is 8.65. The largest absolute Gasteiger partial charge is 0.502 e. The van der Waals surface area contributed by atoms with Crippen molar-refractivity contribution in [3.8, 4) is 17.3 Å². The topological polar surface area (TPSA) is 193 Å². The van der Waals surface area contributed by atoms with Crippen molar-refractivity contribution in [1.82, 2.24) is 14.3 Å². The van der Waals surface area contributed by atoms with E-state index in [1.807, 2.05) is 0 Å². The van der Waals surface area contributed by atoms with Gasteiger partial charge in [0.25, 0.3) is 31.4 Å². The van der Waals surface area contributed by atoms with Crippen molar-refractivity contribution in [2.24, 2.45) is 0 Å². The Labute approximate surface area is 232 Å². The molecule has 41 heavy (non-hydrogen) atoms. The lowest BCUT2D eigenvalue weighted by molar-refractivity contribution is 0.438. The molecule has 13 nitrogen and oxygen atoms in total. The number of nitrogens with zero attached hydrogens (tertiary/aromatic N) is 3. The minimum Gasteiger partial charge on any atom is -0.502 e. The van der Waals surface area contributed by atoms with Crippen LogP contribution in [0, 0.1) is 20.4 Å². The van der Waals surface area contributed by atoms with Crippen LogP contribution < -0.4 is 11.1 Å². The first kappa shape index (κ1) is 29.0. The lowest BCUT2D eigenvalue weighted by Gasteiger charge is -2.14. The van der Waals surface area contributed by atoms with Crippen LogP contribution in [0.1, 0.15) is 22.4 Å². The molecule has 0 atom stereocenters. The molecule has 210 valence electrons. The van der Waals surface area contributed by atoms with Crippen LogP contribution in [0.15, 0.2) is 73.6 Å². The van der Waals surface area contributed by atoms with Gasteiger partial charge in [-0.15, -0.1) is 5.73 Å². The third kappa shape index (κ3) is 5.54. The summed E-state index contributed by atoms with van der Waals surface area (Å²) in [6, 6.07) is 9.30. The van der Waals surface area contributed by atoms with Crippen molar-refractivity contribution in [1.29, 1.82) is 0 Å². The number of hydrogen-bond donors (Lipinski definition) is 4. The van der Waals surface area contributed by atoms with E-state index >= 15 is 0 Å². The van der Waals surface area contributed by atoms with E-state index in [9.17, 15) is 36.1 Å². The van der Waals surface area contributed by atoms with Crippen molar-refractivity contribution in [2.75, 3.05) is 0 Å². The molecule has 0 aliphatic heterocycles. The molecular weight excluding hydrogens is 576 g/mol. The molecule has 0 radical (unpaired) electrons. The Bertz CT molecular complexity index is 2140. The van der Waals surface area contributed by atoms with Gasteiger partial charge >= 0.3 is 0 Å². The summed E-state index contributed by atoms with van der Waals surface area (Å²) in [5, 5.41) is 13.5. The summed E-state index contributed by atoms with van der Waals surface area (Å²) in [6.45, 7) is 10.5. The van der Waals surface area contributed by atoms with Gasteiger partial charge in [0, 0.05) is 11.3 Å². The number of H-pyrrole nitrogens is 1. The van der Waals surface area contributed by atoms with Crippen LogP contribution in [0.5, 0.6) is 5.88 Å². The first-order valence-electron chi connectivity index (χ1n) is 11.4. The molecule has 2 aromatic carbocycles. The zero-order chi connectivity index (χ0) is 30.3. The highest BCUT2D eigenvalue weighted by Crippen LogP contribution is 2.33. The van der Waals surface area contributed by atoms with Crippen molar-refractivity contribution in [3.63, 3.8) is 0 Å². The molecule has 0 saturated heterocycles. The van der Waals surface area contributed by atoms with Crippen LogP contribution in [0.2, 0.25) is 0 Å². The highest BCUT2D eigenvalue weighted by atomic mass is 32.2. The fourth-order valence-electron chi connectivity index (χ4n) is 3.98. The number of rotatable bonds is 6. The summed E-state index contributed by atoms with van der Waals surface area (Å²) in [6.07, 6.45) is 2.53. The number of aromatic nitrogens is 3. The number of aromatic amines is 1. The summed E-state index contributed by atoms with van der Waals surface area (Å²) in [5.74, 6) is -0.674. The quantitative estimate of drug-likeness (QED) is 0.147. The van der Waals surface area contributed by atoms with Gasteiger partial charge in [-0.05, 0) is 80.1 Å². The van der Waals surface area contributed by atoms with E-state index in [-0.39, 0.29) is 38.6 Å². The van der Waals surface area contributed by atoms with Gasteiger partial charge in [0.1, 0.15) is 0 Å². The lowest BCUT2D eigenvalue weighted by Crippen LogP contribution is -2.22. The molecule has 0 aliphatic rings. The fourth-order valence-corrected chi connectivity index (χ4v) is 4.94. The molecule has 0 unspecified atom stereocenters. The van der Waals surface area contributed by atoms with Crippen molar-refractivity contribution < 1.29 is 31.0 Å². The zero-order valence-corrected chi connectivity index (χ0v) is 22.9. The predicted octanol–water partition coefficient (Wildman–Crippen LogP) is 3.01. The van der Waals surface area contributed by atoms with E-state index in [1.54, 1.807) is 6.92 Å². The van der Waals surface area contributed by atoms with Crippen molar-refractivity contribution >= 4 is 38.1 Å². The van der Waals surface area contributed by atoms with Gasteiger partial charge in [-0.1, -0.05) is 0 Å². The number of benzene rings is 2. The van der Waals surface area contributed by atoms with Crippen LogP contribution in [-0.4, -0.2) is 45.4 Å². The van der Waals surface area contributed by atoms with Crippen LogP contribution in [0.4, 0.5) is 5.69 Å². The number of aryl methyl sites for hydroxylation is 1. The summed E-state index contributed by atoms with van der Waals surface area (Å²) in [7, 11) is -8.91. The summed E-state index contributed by atoms with van der Waals surface area (Å²) in [5.41, 5.74) is 2.18. The van der Waals surface area contributed by atoms with E-state index in [2.05, 4.69) is 15.7 Å². The van der Waals surface area contributed by atoms with Gasteiger partial charge in [-0.2, -0.15) is 16.8 Å². The van der Waals surface area contributed by atoms with Gasteiger partial charge in [0.15, 0.2) is 0 Å². The molecule has 0 spiro atoms. The number of pyridine rings is 1. The van der Waals surface area contributed by atoms with Gasteiger partial charge < -0.3 is 5.11 Å². The minimum absolute atomic E-state index is 0.0211. The van der Waals surface area contributed by atoms with Gasteiger partial charge in [-0.3, -0.25) is 28.4 Å². The predicted molar refractivity (Wildman–Crippen MR) is 148 cm³/mol. The standard InChI is InChI=1S/C26H20N4O9S2/c1-15-21(24(31)29(26(33)23(15)27-3)17-7-11-19(12-8-17)40(34,35)36)5-4-6-22-16(2)28-30(25(22)32)18-9-13-20(14-10-18)41(37,38)39/h5-14,28,33H,1-2H3,(H,34,35,36)(H,37,38,39). The van der Waals surface area contributed by atoms with Gasteiger partial charge in [-0.25, -0.2) is 9.53 Å². The molecule has 4 aromatic rings. The SMILES string of the molecule is [C-]#[N+]c1c(C)c(C=C=Cc2c(C)[nH]n(-c3ccc(S(=O)(=O)O)cc3)c2=O)c(=O)n(-c2ccc(S(=O)(=O)O)cc2)c1O. The number of aromatic hydroxyl groups is 1. The Balaban J connectivity index is 1.80. The Morgan fingerprint density at radius 3 is 1.80 bits per heavy atom. The summed E-state index contributed by atoms with van der Waals surface area (Å²) in [4.78, 5) is 28.9. The lowest BCUT2D eigenvalue weighted by atomic mass is 10.1. The van der Waals surface area contributed by atoms with E-state index in [0.29, 0.717) is 5.69 Å². The molecule has 0 amide bonds. The zero-order valence-electron chi connectivity index (χ0n) is 21.2. The first-order chi connectivity index (χ1) is 19.1. The first-order valence-corrected chi connectivity index (χ1v) is 14.3. The van der Waals surface area contributed by atoms with Crippen LogP contribution in [0.3, 0.4) is 0 Å². The van der Waals surface area contributed by atoms with Crippen LogP contribution >= 0.6 is 0 Å². The fraction of sp³-hybridized carbons (Fsp3) is 0.0769. The number of nitrogens with one attached hydrogen (secondary N) is 1. The molecule has 0 fully saturated rings. The molecule has 4 N–H and O–H groups in total. The second-order valence-corrected chi connectivity index (χ2v) is 11.5. The molecule has 15 heteroatoms. The maximum Gasteiger partial charge on any atom is 0.294 e. The molecule has 0 aliphatic carbocycles. The third-order valence-electron chi connectivity index (χ3n) is 6.09. The summed E-state index contributed by atoms with van der Waals surface area (Å²) >= 11 is 0. The summed E-state index contributed by atoms with van der Waals surface area (Å²) < 4.78 is 65.5. The normalized spacial score (nSPS) is 11.5. The Morgan fingerprint density at radius 1 is 0.829 bits per heavy atom. The molecule has 2 heterocycles. The molecular formula is C26H20N4O9S2. The van der Waals surface area contributed by atoms with Gasteiger partial charge in [0.05, 0.1) is 33.3 Å². The Morgan fingerprint density at radius 2 is 1.32 bits per heavy atom. The maximum absolute atomic E-state index is 13.3. The third-order valence-corrected chi connectivity index (χ3v) is 7.82. The second kappa shape index (κ2) is 10.5. The van der Waals surface area contributed by atoms with Crippen LogP contribution in [0.25, 0.3) is 28.4 Å². The van der Waals surface area contributed by atoms with Gasteiger partial charge in [0.2, 0.25) is 11.6 Å². The minimum atomic E-state index is -4.50. The molecule has 2 aromatic heterocycles. The van der Waals surface area contributed by atoms with E-state index < -0.39 is 42.1 Å². The van der Waals surface area contributed by atoms with E-state index in [0.717, 1.165) is 33.5 Å². The smallest absolute Gasteiger partial charge is 0.294 e. The Hall–Kier alpha value is -4.97. The molecule has 0 saturated carbocycles. The maximum atomic E-state index is 13.3.